The fourth-order valence-corrected chi connectivity index (χ4v) is 2.75. The lowest BCUT2D eigenvalue weighted by Crippen LogP contribution is -2.33. The molecular formula is C18H20N4O5. The molecule has 0 saturated carbocycles. The van der Waals surface area contributed by atoms with Gasteiger partial charge in [0.25, 0.3) is 17.2 Å². The van der Waals surface area contributed by atoms with E-state index < -0.39 is 40.1 Å². The maximum atomic E-state index is 12.5. The molecule has 0 aliphatic carbocycles. The first-order valence-electron chi connectivity index (χ1n) is 8.37. The fraction of sp³-hybridized carbons (Fsp3) is 0.278. The van der Waals surface area contributed by atoms with Crippen LogP contribution in [0.1, 0.15) is 35.3 Å². The lowest BCUT2D eigenvalue weighted by Gasteiger charge is -2.15. The van der Waals surface area contributed by atoms with Crippen molar-refractivity contribution < 1.29 is 14.5 Å². The molecule has 2 rings (SSSR count). The Balaban J connectivity index is 2.38. The SMILES string of the molecule is CCc1cccc(CC)c1NC(=O)Cn1cc([N+](=O)[O-])cc(C(N)=O)c1=O. The summed E-state index contributed by atoms with van der Waals surface area (Å²) < 4.78 is 0.813. The molecule has 1 aromatic heterocycles. The summed E-state index contributed by atoms with van der Waals surface area (Å²) in [6.45, 7) is 3.42. The second-order valence-corrected chi connectivity index (χ2v) is 5.87. The maximum absolute atomic E-state index is 12.5. The van der Waals surface area contributed by atoms with Crippen LogP contribution in [0, 0.1) is 10.1 Å². The molecule has 3 N–H and O–H groups in total. The van der Waals surface area contributed by atoms with Crippen molar-refractivity contribution in [3.8, 4) is 0 Å². The predicted molar refractivity (Wildman–Crippen MR) is 99.7 cm³/mol. The summed E-state index contributed by atoms with van der Waals surface area (Å²) in [7, 11) is 0. The van der Waals surface area contributed by atoms with Crippen molar-refractivity contribution in [3.63, 3.8) is 0 Å². The minimum Gasteiger partial charge on any atom is -0.365 e. The van der Waals surface area contributed by atoms with Crippen molar-refractivity contribution in [2.45, 2.75) is 33.2 Å². The highest BCUT2D eigenvalue weighted by atomic mass is 16.6. The third-order valence-corrected chi connectivity index (χ3v) is 4.13. The van der Waals surface area contributed by atoms with E-state index in [1.807, 2.05) is 32.0 Å². The molecule has 142 valence electrons. The zero-order valence-corrected chi connectivity index (χ0v) is 15.0. The van der Waals surface area contributed by atoms with Gasteiger partial charge in [0, 0.05) is 11.8 Å². The first-order chi connectivity index (χ1) is 12.8. The Morgan fingerprint density at radius 3 is 2.30 bits per heavy atom. The van der Waals surface area contributed by atoms with Gasteiger partial charge in [-0.15, -0.1) is 0 Å². The number of amides is 2. The first-order valence-corrected chi connectivity index (χ1v) is 8.37. The molecule has 9 heteroatoms. The van der Waals surface area contributed by atoms with Gasteiger partial charge in [-0.05, 0) is 24.0 Å². The van der Waals surface area contributed by atoms with Crippen molar-refractivity contribution in [1.82, 2.24) is 4.57 Å². The number of pyridine rings is 1. The molecule has 0 radical (unpaired) electrons. The number of hydrogen-bond donors (Lipinski definition) is 2. The molecule has 0 spiro atoms. The third kappa shape index (κ3) is 4.38. The van der Waals surface area contributed by atoms with E-state index in [4.69, 9.17) is 5.73 Å². The standard InChI is InChI=1S/C18H20N4O5/c1-3-11-6-5-7-12(4-2)16(11)20-15(23)10-21-9-13(22(26)27)8-14(17(19)24)18(21)25/h5-9H,3-4,10H2,1-2H3,(H2,19,24)(H,20,23). The Bertz CT molecular complexity index is 942. The zero-order valence-electron chi connectivity index (χ0n) is 15.0. The Labute approximate surface area is 155 Å². The Hall–Kier alpha value is -3.49. The number of para-hydroxylation sites is 1. The highest BCUT2D eigenvalue weighted by Gasteiger charge is 2.19. The average molecular weight is 372 g/mol. The molecule has 0 saturated heterocycles. The monoisotopic (exact) mass is 372 g/mol. The zero-order chi connectivity index (χ0) is 20.1. The number of rotatable bonds is 7. The van der Waals surface area contributed by atoms with Crippen LogP contribution in [0.15, 0.2) is 35.3 Å². The average Bonchev–Trinajstić information content (AvgIpc) is 2.62. The molecule has 1 aromatic carbocycles. The van der Waals surface area contributed by atoms with Crippen LogP contribution in [0.3, 0.4) is 0 Å². The molecule has 0 aliphatic rings. The van der Waals surface area contributed by atoms with Crippen molar-refractivity contribution >= 4 is 23.2 Å². The minimum atomic E-state index is -1.09. The van der Waals surface area contributed by atoms with Crippen LogP contribution in [0.4, 0.5) is 11.4 Å². The summed E-state index contributed by atoms with van der Waals surface area (Å²) in [6, 6.07) is 6.48. The first kappa shape index (κ1) is 19.8. The van der Waals surface area contributed by atoms with Gasteiger partial charge >= 0.3 is 0 Å². The Morgan fingerprint density at radius 2 is 1.81 bits per heavy atom. The predicted octanol–water partition coefficient (Wildman–Crippen LogP) is 1.62. The summed E-state index contributed by atoms with van der Waals surface area (Å²) in [6.07, 6.45) is 2.32. The number of nitrogens with one attached hydrogen (secondary N) is 1. The van der Waals surface area contributed by atoms with E-state index in [9.17, 15) is 24.5 Å². The molecule has 27 heavy (non-hydrogen) atoms. The second-order valence-electron chi connectivity index (χ2n) is 5.87. The van der Waals surface area contributed by atoms with Crippen LogP contribution in [0.25, 0.3) is 0 Å². The van der Waals surface area contributed by atoms with Crippen LogP contribution >= 0.6 is 0 Å². The van der Waals surface area contributed by atoms with E-state index in [0.717, 1.165) is 28.0 Å². The number of aryl methyl sites for hydroxylation is 2. The summed E-state index contributed by atoms with van der Waals surface area (Å²) in [4.78, 5) is 46.4. The van der Waals surface area contributed by atoms with Gasteiger partial charge in [0.05, 0.1) is 11.1 Å². The normalized spacial score (nSPS) is 10.4. The Morgan fingerprint density at radius 1 is 1.22 bits per heavy atom. The number of aromatic nitrogens is 1. The number of carbonyl (C=O) groups excluding carboxylic acids is 2. The van der Waals surface area contributed by atoms with Crippen LogP contribution in [0.2, 0.25) is 0 Å². The van der Waals surface area contributed by atoms with E-state index >= 15 is 0 Å². The van der Waals surface area contributed by atoms with Crippen molar-refractivity contribution in [2.75, 3.05) is 5.32 Å². The van der Waals surface area contributed by atoms with Gasteiger partial charge < -0.3 is 11.1 Å². The second kappa shape index (κ2) is 8.26. The van der Waals surface area contributed by atoms with E-state index in [-0.39, 0.29) is 0 Å². The molecule has 0 bridgehead atoms. The number of hydrogen-bond acceptors (Lipinski definition) is 5. The molecule has 2 amide bonds. The van der Waals surface area contributed by atoms with Gasteiger partial charge in [-0.1, -0.05) is 32.0 Å². The number of nitrogens with two attached hydrogens (primary N) is 1. The van der Waals surface area contributed by atoms with Crippen LogP contribution < -0.4 is 16.6 Å². The smallest absolute Gasteiger partial charge is 0.286 e. The van der Waals surface area contributed by atoms with E-state index in [1.165, 1.54) is 0 Å². The maximum Gasteiger partial charge on any atom is 0.286 e. The summed E-state index contributed by atoms with van der Waals surface area (Å²) in [5.41, 5.74) is 5.75. The van der Waals surface area contributed by atoms with Crippen LogP contribution in [-0.2, 0) is 24.2 Å². The number of anilines is 1. The number of nitrogens with zero attached hydrogens (tertiary/aromatic N) is 2. The molecule has 0 aliphatic heterocycles. The fourth-order valence-electron chi connectivity index (χ4n) is 2.75. The molecule has 0 atom stereocenters. The number of primary amides is 1. The quantitative estimate of drug-likeness (QED) is 0.562. The van der Waals surface area contributed by atoms with Crippen molar-refractivity contribution in [3.05, 3.63) is 67.6 Å². The van der Waals surface area contributed by atoms with Gasteiger partial charge in [-0.2, -0.15) is 0 Å². The van der Waals surface area contributed by atoms with E-state index in [0.29, 0.717) is 18.5 Å². The lowest BCUT2D eigenvalue weighted by atomic mass is 10.0. The summed E-state index contributed by atoms with van der Waals surface area (Å²) in [5, 5.41) is 13.8. The number of carbonyl (C=O) groups is 2. The third-order valence-electron chi connectivity index (χ3n) is 4.13. The number of benzene rings is 1. The van der Waals surface area contributed by atoms with Crippen molar-refractivity contribution in [2.24, 2.45) is 5.73 Å². The van der Waals surface area contributed by atoms with Gasteiger partial charge in [0.1, 0.15) is 12.1 Å². The molecule has 9 nitrogen and oxygen atoms in total. The molecular weight excluding hydrogens is 352 g/mol. The molecule has 2 aromatic rings. The molecule has 0 unspecified atom stereocenters. The van der Waals surface area contributed by atoms with Gasteiger partial charge in [-0.3, -0.25) is 29.1 Å². The van der Waals surface area contributed by atoms with Gasteiger partial charge in [0.2, 0.25) is 5.91 Å². The van der Waals surface area contributed by atoms with Crippen LogP contribution in [-0.4, -0.2) is 21.3 Å². The topological polar surface area (TPSA) is 137 Å². The van der Waals surface area contributed by atoms with Gasteiger partial charge in [0.15, 0.2) is 0 Å². The lowest BCUT2D eigenvalue weighted by molar-refractivity contribution is -0.385. The van der Waals surface area contributed by atoms with Crippen LogP contribution in [0.5, 0.6) is 0 Å². The molecule has 1 heterocycles. The van der Waals surface area contributed by atoms with E-state index in [2.05, 4.69) is 5.32 Å². The number of nitro groups is 1. The summed E-state index contributed by atoms with van der Waals surface area (Å²) in [5.74, 6) is -1.63. The summed E-state index contributed by atoms with van der Waals surface area (Å²) >= 11 is 0. The Kier molecular flexibility index (Phi) is 6.07. The highest BCUT2D eigenvalue weighted by Crippen LogP contribution is 2.22. The van der Waals surface area contributed by atoms with Gasteiger partial charge in [-0.25, -0.2) is 0 Å². The van der Waals surface area contributed by atoms with Crippen molar-refractivity contribution in [1.29, 1.82) is 0 Å². The highest BCUT2D eigenvalue weighted by molar-refractivity contribution is 5.94. The minimum absolute atomic E-state index is 0.484. The van der Waals surface area contributed by atoms with E-state index in [1.54, 1.807) is 0 Å². The molecule has 0 fully saturated rings. The largest absolute Gasteiger partial charge is 0.365 e.